The van der Waals surface area contributed by atoms with Crippen molar-refractivity contribution in [3.63, 3.8) is 0 Å². The van der Waals surface area contributed by atoms with Crippen molar-refractivity contribution in [3.8, 4) is 6.07 Å². The van der Waals surface area contributed by atoms with E-state index in [0.717, 1.165) is 11.4 Å². The van der Waals surface area contributed by atoms with E-state index in [1.807, 2.05) is 26.0 Å². The van der Waals surface area contributed by atoms with E-state index in [9.17, 15) is 4.79 Å². The summed E-state index contributed by atoms with van der Waals surface area (Å²) < 4.78 is 0. The number of amides is 1. The highest BCUT2D eigenvalue weighted by atomic mass is 16.1. The highest BCUT2D eigenvalue weighted by molar-refractivity contribution is 6.05. The van der Waals surface area contributed by atoms with Crippen LogP contribution in [0.15, 0.2) is 54.6 Å². The third-order valence-corrected chi connectivity index (χ3v) is 3.66. The van der Waals surface area contributed by atoms with Crippen molar-refractivity contribution in [1.29, 1.82) is 5.26 Å². The lowest BCUT2D eigenvalue weighted by Gasteiger charge is -2.10. The Morgan fingerprint density at radius 1 is 1.00 bits per heavy atom. The molecule has 0 aliphatic rings. The van der Waals surface area contributed by atoms with Crippen LogP contribution in [0.5, 0.6) is 0 Å². The molecule has 0 unspecified atom stereocenters. The molecule has 0 saturated heterocycles. The number of carbonyl (C=O) groups excluding carboxylic acids is 1. The maximum Gasteiger partial charge on any atom is 0.255 e. The minimum atomic E-state index is -0.294. The Balaban J connectivity index is 1.80. The average molecular weight is 343 g/mol. The standard InChI is InChI=1S/C20H17N5O/c1-13-10-14(2)23-20(22-13)24-17-8-5-7-15(11-17)19(26)25-18-9-4-3-6-16(18)12-21/h3-11H,1-2H3,(H,25,26)(H,22,23,24). The lowest BCUT2D eigenvalue weighted by molar-refractivity contribution is 0.102. The van der Waals surface area contributed by atoms with Crippen molar-refractivity contribution >= 4 is 23.2 Å². The SMILES string of the molecule is Cc1cc(C)nc(Nc2cccc(C(=O)Nc3ccccc3C#N)c2)n1. The zero-order valence-corrected chi connectivity index (χ0v) is 14.4. The number of carbonyl (C=O) groups is 1. The van der Waals surface area contributed by atoms with Gasteiger partial charge < -0.3 is 10.6 Å². The van der Waals surface area contributed by atoms with Crippen LogP contribution in [0.1, 0.15) is 27.3 Å². The number of nitriles is 1. The summed E-state index contributed by atoms with van der Waals surface area (Å²) in [6.07, 6.45) is 0. The van der Waals surface area contributed by atoms with Crippen molar-refractivity contribution in [2.45, 2.75) is 13.8 Å². The number of hydrogen-bond acceptors (Lipinski definition) is 5. The van der Waals surface area contributed by atoms with Crippen LogP contribution in [0.3, 0.4) is 0 Å². The minimum absolute atomic E-state index is 0.294. The lowest BCUT2D eigenvalue weighted by Crippen LogP contribution is -2.13. The molecule has 0 atom stereocenters. The summed E-state index contributed by atoms with van der Waals surface area (Å²) in [5.41, 5.74) is 3.79. The minimum Gasteiger partial charge on any atom is -0.324 e. The molecule has 6 nitrogen and oxygen atoms in total. The van der Waals surface area contributed by atoms with E-state index in [0.29, 0.717) is 28.5 Å². The number of para-hydroxylation sites is 1. The molecule has 1 amide bonds. The Morgan fingerprint density at radius 3 is 2.46 bits per heavy atom. The third kappa shape index (κ3) is 4.02. The Kier molecular flexibility index (Phi) is 4.90. The van der Waals surface area contributed by atoms with Gasteiger partial charge in [0.15, 0.2) is 0 Å². The molecule has 3 aromatic rings. The molecular weight excluding hydrogens is 326 g/mol. The van der Waals surface area contributed by atoms with Gasteiger partial charge in [-0.1, -0.05) is 18.2 Å². The normalized spacial score (nSPS) is 10.0. The monoisotopic (exact) mass is 343 g/mol. The first kappa shape index (κ1) is 17.1. The number of aryl methyl sites for hydroxylation is 2. The fraction of sp³-hybridized carbons (Fsp3) is 0.100. The van der Waals surface area contributed by atoms with Gasteiger partial charge in [-0.25, -0.2) is 9.97 Å². The molecule has 0 saturated carbocycles. The molecule has 1 heterocycles. The van der Waals surface area contributed by atoms with E-state index >= 15 is 0 Å². The van der Waals surface area contributed by atoms with E-state index in [1.54, 1.807) is 42.5 Å². The Bertz CT molecular complexity index is 987. The summed E-state index contributed by atoms with van der Waals surface area (Å²) in [4.78, 5) is 21.2. The first-order valence-electron chi connectivity index (χ1n) is 8.05. The van der Waals surface area contributed by atoms with Gasteiger partial charge in [0, 0.05) is 22.6 Å². The molecule has 2 aromatic carbocycles. The van der Waals surface area contributed by atoms with E-state index in [-0.39, 0.29) is 5.91 Å². The molecule has 26 heavy (non-hydrogen) atoms. The molecule has 0 bridgehead atoms. The second kappa shape index (κ2) is 7.45. The molecule has 6 heteroatoms. The van der Waals surface area contributed by atoms with Crippen molar-refractivity contribution in [2.75, 3.05) is 10.6 Å². The maximum absolute atomic E-state index is 12.5. The fourth-order valence-corrected chi connectivity index (χ4v) is 2.53. The molecule has 0 fully saturated rings. The number of benzene rings is 2. The van der Waals surface area contributed by atoms with Gasteiger partial charge in [-0.2, -0.15) is 5.26 Å². The Morgan fingerprint density at radius 2 is 1.73 bits per heavy atom. The second-order valence-electron chi connectivity index (χ2n) is 5.79. The van der Waals surface area contributed by atoms with Gasteiger partial charge in [-0.05, 0) is 50.2 Å². The largest absolute Gasteiger partial charge is 0.324 e. The van der Waals surface area contributed by atoms with Gasteiger partial charge in [-0.3, -0.25) is 4.79 Å². The summed E-state index contributed by atoms with van der Waals surface area (Å²) in [6, 6.07) is 17.9. The number of aromatic nitrogens is 2. The van der Waals surface area contributed by atoms with E-state index < -0.39 is 0 Å². The van der Waals surface area contributed by atoms with E-state index in [4.69, 9.17) is 5.26 Å². The number of anilines is 3. The van der Waals surface area contributed by atoms with Crippen LogP contribution in [0.2, 0.25) is 0 Å². The van der Waals surface area contributed by atoms with Gasteiger partial charge in [-0.15, -0.1) is 0 Å². The molecule has 0 spiro atoms. The molecule has 3 rings (SSSR count). The van der Waals surface area contributed by atoms with Crippen LogP contribution in [0.4, 0.5) is 17.3 Å². The number of nitrogens with one attached hydrogen (secondary N) is 2. The molecule has 0 aliphatic carbocycles. The zero-order chi connectivity index (χ0) is 18.5. The van der Waals surface area contributed by atoms with E-state index in [2.05, 4.69) is 26.7 Å². The van der Waals surface area contributed by atoms with Crippen LogP contribution in [-0.4, -0.2) is 15.9 Å². The number of hydrogen-bond donors (Lipinski definition) is 2. The molecule has 0 radical (unpaired) electrons. The van der Waals surface area contributed by atoms with Gasteiger partial charge in [0.25, 0.3) is 5.91 Å². The average Bonchev–Trinajstić information content (AvgIpc) is 2.61. The first-order valence-corrected chi connectivity index (χ1v) is 8.05. The second-order valence-corrected chi connectivity index (χ2v) is 5.79. The van der Waals surface area contributed by atoms with Crippen molar-refractivity contribution < 1.29 is 4.79 Å². The quantitative estimate of drug-likeness (QED) is 0.748. The fourth-order valence-electron chi connectivity index (χ4n) is 2.53. The smallest absolute Gasteiger partial charge is 0.255 e. The highest BCUT2D eigenvalue weighted by Crippen LogP contribution is 2.18. The molecule has 2 N–H and O–H groups in total. The summed E-state index contributed by atoms with van der Waals surface area (Å²) in [5, 5.41) is 15.0. The Hall–Kier alpha value is -3.72. The predicted octanol–water partition coefficient (Wildman–Crippen LogP) is 3.96. The molecular formula is C20H17N5O. The maximum atomic E-state index is 12.5. The first-order chi connectivity index (χ1) is 12.5. The van der Waals surface area contributed by atoms with Gasteiger partial charge >= 0.3 is 0 Å². The topological polar surface area (TPSA) is 90.7 Å². The number of nitrogens with zero attached hydrogens (tertiary/aromatic N) is 3. The van der Waals surface area contributed by atoms with Crippen molar-refractivity contribution in [1.82, 2.24) is 9.97 Å². The van der Waals surface area contributed by atoms with Crippen LogP contribution in [0.25, 0.3) is 0 Å². The highest BCUT2D eigenvalue weighted by Gasteiger charge is 2.10. The lowest BCUT2D eigenvalue weighted by atomic mass is 10.1. The van der Waals surface area contributed by atoms with Crippen LogP contribution in [-0.2, 0) is 0 Å². The molecule has 128 valence electrons. The predicted molar refractivity (Wildman–Crippen MR) is 100 cm³/mol. The summed E-state index contributed by atoms with van der Waals surface area (Å²) in [5.74, 6) is 0.188. The summed E-state index contributed by atoms with van der Waals surface area (Å²) in [7, 11) is 0. The summed E-state index contributed by atoms with van der Waals surface area (Å²) in [6.45, 7) is 3.80. The van der Waals surface area contributed by atoms with Gasteiger partial charge in [0.05, 0.1) is 11.3 Å². The van der Waals surface area contributed by atoms with Crippen LogP contribution < -0.4 is 10.6 Å². The van der Waals surface area contributed by atoms with Crippen molar-refractivity contribution in [2.24, 2.45) is 0 Å². The zero-order valence-electron chi connectivity index (χ0n) is 14.4. The third-order valence-electron chi connectivity index (χ3n) is 3.66. The van der Waals surface area contributed by atoms with Crippen LogP contribution in [0, 0.1) is 25.2 Å². The van der Waals surface area contributed by atoms with Crippen LogP contribution >= 0.6 is 0 Å². The van der Waals surface area contributed by atoms with Gasteiger partial charge in [0.1, 0.15) is 6.07 Å². The summed E-state index contributed by atoms with van der Waals surface area (Å²) >= 11 is 0. The van der Waals surface area contributed by atoms with Crippen molar-refractivity contribution in [3.05, 3.63) is 77.1 Å². The Labute approximate surface area is 151 Å². The van der Waals surface area contributed by atoms with E-state index in [1.165, 1.54) is 0 Å². The molecule has 0 aliphatic heterocycles. The molecule has 1 aromatic heterocycles. The van der Waals surface area contributed by atoms with Gasteiger partial charge in [0.2, 0.25) is 5.95 Å². The number of rotatable bonds is 4.